The highest BCUT2D eigenvalue weighted by Gasteiger charge is 2.17. The molecule has 2 atom stereocenters. The number of anilines is 1. The number of nitrogens with zero attached hydrogens (tertiary/aromatic N) is 2. The number of nitrogens with two attached hydrogens (primary N) is 1. The van der Waals surface area contributed by atoms with Gasteiger partial charge in [0.1, 0.15) is 5.82 Å². The normalized spacial score (nSPS) is 14.8. The minimum atomic E-state index is -0.288. The molecular formula is C14H19BrFN3. The first-order valence-electron chi connectivity index (χ1n) is 6.56. The summed E-state index contributed by atoms with van der Waals surface area (Å²) in [6.45, 7) is 6.48. The molecule has 0 fully saturated rings. The van der Waals surface area contributed by atoms with Gasteiger partial charge in [0.05, 0.1) is 15.5 Å². The van der Waals surface area contributed by atoms with Crippen LogP contribution in [0.15, 0.2) is 16.6 Å². The summed E-state index contributed by atoms with van der Waals surface area (Å²) in [7, 11) is 0. The van der Waals surface area contributed by atoms with Crippen molar-refractivity contribution >= 4 is 32.9 Å². The third kappa shape index (κ3) is 2.76. The van der Waals surface area contributed by atoms with Crippen LogP contribution < -0.4 is 5.73 Å². The van der Waals surface area contributed by atoms with Crippen LogP contribution in [0.2, 0.25) is 0 Å². The Balaban J connectivity index is 2.47. The maximum Gasteiger partial charge on any atom is 0.201 e. The Hall–Kier alpha value is -1.10. The Labute approximate surface area is 121 Å². The molecule has 0 aliphatic rings. The highest BCUT2D eigenvalue weighted by molar-refractivity contribution is 9.10. The van der Waals surface area contributed by atoms with Crippen molar-refractivity contribution in [2.75, 3.05) is 5.73 Å². The average molecular weight is 328 g/mol. The molecule has 0 spiro atoms. The predicted octanol–water partition coefficient (Wildman–Crippen LogP) is 4.52. The molecule has 19 heavy (non-hydrogen) atoms. The lowest BCUT2D eigenvalue weighted by atomic mass is 10.00. The number of hydrogen-bond acceptors (Lipinski definition) is 2. The highest BCUT2D eigenvalue weighted by atomic mass is 79.9. The molecule has 0 saturated heterocycles. The van der Waals surface area contributed by atoms with E-state index in [-0.39, 0.29) is 11.9 Å². The lowest BCUT2D eigenvalue weighted by molar-refractivity contribution is 0.407. The van der Waals surface area contributed by atoms with Crippen LogP contribution >= 0.6 is 15.9 Å². The van der Waals surface area contributed by atoms with E-state index in [1.165, 1.54) is 6.07 Å². The van der Waals surface area contributed by atoms with Gasteiger partial charge in [0, 0.05) is 12.1 Å². The quantitative estimate of drug-likeness (QED) is 0.897. The van der Waals surface area contributed by atoms with Crippen LogP contribution in [0.4, 0.5) is 10.3 Å². The summed E-state index contributed by atoms with van der Waals surface area (Å²) in [4.78, 5) is 4.31. The lowest BCUT2D eigenvalue weighted by Crippen LogP contribution is -2.12. The Bertz CT molecular complexity index is 594. The van der Waals surface area contributed by atoms with Crippen LogP contribution in [-0.2, 0) is 0 Å². The van der Waals surface area contributed by atoms with Crippen molar-refractivity contribution in [3.05, 3.63) is 22.4 Å². The molecule has 104 valence electrons. The summed E-state index contributed by atoms with van der Waals surface area (Å²) in [6, 6.07) is 3.38. The third-order valence-electron chi connectivity index (χ3n) is 3.64. The van der Waals surface area contributed by atoms with Crippen molar-refractivity contribution in [2.45, 2.75) is 39.7 Å². The van der Waals surface area contributed by atoms with Crippen LogP contribution in [0.25, 0.3) is 11.0 Å². The van der Waals surface area contributed by atoms with Gasteiger partial charge in [0.25, 0.3) is 0 Å². The summed E-state index contributed by atoms with van der Waals surface area (Å²) in [5.74, 6) is 0.764. The van der Waals surface area contributed by atoms with E-state index in [0.29, 0.717) is 16.3 Å². The summed E-state index contributed by atoms with van der Waals surface area (Å²) in [6.07, 6.45) is 2.13. The summed E-state index contributed by atoms with van der Waals surface area (Å²) < 4.78 is 16.0. The Kier molecular flexibility index (Phi) is 4.13. The van der Waals surface area contributed by atoms with Gasteiger partial charge in [0.15, 0.2) is 0 Å². The van der Waals surface area contributed by atoms with Crippen molar-refractivity contribution in [3.8, 4) is 0 Å². The second-order valence-electron chi connectivity index (χ2n) is 5.19. The van der Waals surface area contributed by atoms with Crippen LogP contribution in [0, 0.1) is 11.7 Å². The zero-order valence-corrected chi connectivity index (χ0v) is 13.0. The smallest absolute Gasteiger partial charge is 0.201 e. The van der Waals surface area contributed by atoms with E-state index >= 15 is 0 Å². The standard InChI is InChI=1S/C14H19BrFN3/c1-4-8(2)5-9(3)19-13-7-11(16)10(15)6-12(13)18-14(19)17/h6-9H,4-5H2,1-3H3,(H2,17,18). The number of fused-ring (bicyclic) bond motifs is 1. The third-order valence-corrected chi connectivity index (χ3v) is 4.25. The van der Waals surface area contributed by atoms with Crippen molar-refractivity contribution in [2.24, 2.45) is 5.92 Å². The molecule has 0 saturated carbocycles. The van der Waals surface area contributed by atoms with Gasteiger partial charge in [-0.05, 0) is 41.3 Å². The van der Waals surface area contributed by atoms with Gasteiger partial charge in [-0.15, -0.1) is 0 Å². The predicted molar refractivity (Wildman–Crippen MR) is 80.6 cm³/mol. The number of aromatic nitrogens is 2. The van der Waals surface area contributed by atoms with E-state index in [4.69, 9.17) is 5.73 Å². The Morgan fingerprint density at radius 1 is 1.42 bits per heavy atom. The van der Waals surface area contributed by atoms with E-state index in [1.807, 2.05) is 4.57 Å². The van der Waals surface area contributed by atoms with Gasteiger partial charge in [-0.25, -0.2) is 9.37 Å². The molecule has 1 aromatic carbocycles. The molecule has 0 aliphatic heterocycles. The van der Waals surface area contributed by atoms with Crippen LogP contribution in [0.5, 0.6) is 0 Å². The molecule has 0 radical (unpaired) electrons. The fourth-order valence-electron chi connectivity index (χ4n) is 2.43. The van der Waals surface area contributed by atoms with Gasteiger partial charge >= 0.3 is 0 Å². The van der Waals surface area contributed by atoms with E-state index in [9.17, 15) is 4.39 Å². The number of rotatable bonds is 4. The second kappa shape index (κ2) is 5.49. The van der Waals surface area contributed by atoms with Crippen molar-refractivity contribution < 1.29 is 4.39 Å². The van der Waals surface area contributed by atoms with E-state index in [0.717, 1.165) is 23.9 Å². The molecule has 0 amide bonds. The fraction of sp³-hybridized carbons (Fsp3) is 0.500. The number of nitrogen functional groups attached to an aromatic ring is 1. The molecule has 1 aromatic heterocycles. The lowest BCUT2D eigenvalue weighted by Gasteiger charge is -2.19. The molecular weight excluding hydrogens is 309 g/mol. The van der Waals surface area contributed by atoms with Crippen molar-refractivity contribution in [3.63, 3.8) is 0 Å². The van der Waals surface area contributed by atoms with Crippen molar-refractivity contribution in [1.82, 2.24) is 9.55 Å². The average Bonchev–Trinajstić information content (AvgIpc) is 2.65. The summed E-state index contributed by atoms with van der Waals surface area (Å²) >= 11 is 3.17. The first-order valence-corrected chi connectivity index (χ1v) is 7.35. The topological polar surface area (TPSA) is 43.8 Å². The zero-order valence-electron chi connectivity index (χ0n) is 11.5. The minimum absolute atomic E-state index is 0.209. The zero-order chi connectivity index (χ0) is 14.2. The molecule has 3 nitrogen and oxygen atoms in total. The van der Waals surface area contributed by atoms with Crippen molar-refractivity contribution in [1.29, 1.82) is 0 Å². The number of benzene rings is 1. The largest absolute Gasteiger partial charge is 0.369 e. The van der Waals surface area contributed by atoms with Gasteiger partial charge < -0.3 is 10.3 Å². The fourth-order valence-corrected chi connectivity index (χ4v) is 2.76. The van der Waals surface area contributed by atoms with Crippen LogP contribution in [0.3, 0.4) is 0 Å². The first-order chi connectivity index (χ1) is 8.93. The Morgan fingerprint density at radius 3 is 2.74 bits per heavy atom. The van der Waals surface area contributed by atoms with Gasteiger partial charge in [-0.2, -0.15) is 0 Å². The summed E-state index contributed by atoms with van der Waals surface area (Å²) in [5.41, 5.74) is 7.47. The van der Waals surface area contributed by atoms with E-state index in [2.05, 4.69) is 41.7 Å². The second-order valence-corrected chi connectivity index (χ2v) is 6.05. The molecule has 5 heteroatoms. The minimum Gasteiger partial charge on any atom is -0.369 e. The number of imidazole rings is 1. The number of halogens is 2. The Morgan fingerprint density at radius 2 is 2.11 bits per heavy atom. The first kappa shape index (κ1) is 14.3. The maximum atomic E-state index is 13.7. The van der Waals surface area contributed by atoms with E-state index in [1.54, 1.807) is 6.07 Å². The summed E-state index contributed by atoms with van der Waals surface area (Å²) in [5, 5.41) is 0. The number of hydrogen-bond donors (Lipinski definition) is 1. The molecule has 0 bridgehead atoms. The van der Waals surface area contributed by atoms with Crippen LogP contribution in [-0.4, -0.2) is 9.55 Å². The van der Waals surface area contributed by atoms with Gasteiger partial charge in [-0.1, -0.05) is 20.3 Å². The van der Waals surface area contributed by atoms with Gasteiger partial charge in [-0.3, -0.25) is 0 Å². The highest BCUT2D eigenvalue weighted by Crippen LogP contribution is 2.30. The molecule has 2 rings (SSSR count). The van der Waals surface area contributed by atoms with Crippen LogP contribution in [0.1, 0.15) is 39.7 Å². The SMILES string of the molecule is CCC(C)CC(C)n1c(N)nc2cc(Br)c(F)cc21. The monoisotopic (exact) mass is 327 g/mol. The van der Waals surface area contributed by atoms with E-state index < -0.39 is 0 Å². The molecule has 0 aliphatic carbocycles. The molecule has 2 aromatic rings. The molecule has 1 heterocycles. The van der Waals surface area contributed by atoms with Gasteiger partial charge in [0.2, 0.25) is 5.95 Å². The molecule has 2 unspecified atom stereocenters. The molecule has 2 N–H and O–H groups in total. The maximum absolute atomic E-state index is 13.7.